The van der Waals surface area contributed by atoms with Gasteiger partial charge in [0.05, 0.1) is 12.2 Å². The number of anilines is 1. The van der Waals surface area contributed by atoms with Gasteiger partial charge in [-0.25, -0.2) is 4.79 Å². The fourth-order valence-electron chi connectivity index (χ4n) is 4.01. The Morgan fingerprint density at radius 3 is 3.12 bits per heavy atom. The summed E-state index contributed by atoms with van der Waals surface area (Å²) in [5.41, 5.74) is 0.861. The molecule has 2 N–H and O–H groups in total. The summed E-state index contributed by atoms with van der Waals surface area (Å²) in [6.07, 6.45) is 7.85. The Morgan fingerprint density at radius 2 is 2.46 bits per heavy atom. The van der Waals surface area contributed by atoms with Gasteiger partial charge >= 0.3 is 6.03 Å². The van der Waals surface area contributed by atoms with E-state index in [2.05, 4.69) is 33.4 Å². The summed E-state index contributed by atoms with van der Waals surface area (Å²) in [5.74, 6) is 4.17. The van der Waals surface area contributed by atoms with Crippen molar-refractivity contribution in [3.8, 4) is 12.3 Å². The summed E-state index contributed by atoms with van der Waals surface area (Å²) in [6.45, 7) is 4.79. The fraction of sp³-hybridized carbons (Fsp3) is 0.611. The van der Waals surface area contributed by atoms with Crippen molar-refractivity contribution in [2.45, 2.75) is 18.9 Å². The smallest absolute Gasteiger partial charge is 0.319 e. The van der Waals surface area contributed by atoms with Gasteiger partial charge in [-0.05, 0) is 49.7 Å². The number of carbonyl (C=O) groups is 1. The zero-order valence-electron chi connectivity index (χ0n) is 14.2. The van der Waals surface area contributed by atoms with Gasteiger partial charge < -0.3 is 10.6 Å². The first-order valence-corrected chi connectivity index (χ1v) is 9.53. The molecule has 2 amide bonds. The SMILES string of the molecule is C#CCN(C)C[C@H]1CN2CC[C@H]1C[C@@H]2CNC(=O)Nc1ccsc1. The monoisotopic (exact) mass is 346 g/mol. The normalized spacial score (nSPS) is 28.5. The lowest BCUT2D eigenvalue weighted by molar-refractivity contribution is -0.00692. The highest BCUT2D eigenvalue weighted by atomic mass is 32.1. The number of carbonyl (C=O) groups excluding carboxylic acids is 1. The molecular weight excluding hydrogens is 320 g/mol. The molecule has 3 aliphatic heterocycles. The van der Waals surface area contributed by atoms with Crippen LogP contribution < -0.4 is 10.6 Å². The number of thiophene rings is 1. The zero-order chi connectivity index (χ0) is 16.9. The van der Waals surface area contributed by atoms with Crippen molar-refractivity contribution in [3.05, 3.63) is 16.8 Å². The van der Waals surface area contributed by atoms with Crippen LogP contribution >= 0.6 is 11.3 Å². The van der Waals surface area contributed by atoms with Crippen LogP contribution in [-0.2, 0) is 0 Å². The maximum Gasteiger partial charge on any atom is 0.319 e. The maximum atomic E-state index is 12.0. The molecule has 1 unspecified atom stereocenters. The quantitative estimate of drug-likeness (QED) is 0.776. The lowest BCUT2D eigenvalue weighted by Gasteiger charge is -2.50. The Balaban J connectivity index is 1.44. The molecule has 2 bridgehead atoms. The Bertz CT molecular complexity index is 582. The standard InChI is InChI=1S/C18H26N4OS/c1-3-6-21(2)11-15-12-22-7-4-14(15)9-17(22)10-19-18(23)20-16-5-8-24-13-16/h1,5,8,13-15,17H,4,6-7,9-12H2,2H3,(H2,19,20,23)/t14-,15-,17+/m0/s1. The van der Waals surface area contributed by atoms with E-state index in [4.69, 9.17) is 6.42 Å². The third-order valence-electron chi connectivity index (χ3n) is 5.20. The summed E-state index contributed by atoms with van der Waals surface area (Å²) in [5, 5.41) is 9.79. The van der Waals surface area contributed by atoms with E-state index >= 15 is 0 Å². The molecule has 1 aromatic rings. The van der Waals surface area contributed by atoms with Crippen LogP contribution in [0.25, 0.3) is 0 Å². The van der Waals surface area contributed by atoms with E-state index in [9.17, 15) is 4.79 Å². The first-order valence-electron chi connectivity index (χ1n) is 8.59. The number of hydrogen-bond acceptors (Lipinski definition) is 4. The van der Waals surface area contributed by atoms with Gasteiger partial charge in [-0.1, -0.05) is 5.92 Å². The van der Waals surface area contributed by atoms with E-state index in [1.165, 1.54) is 12.8 Å². The highest BCUT2D eigenvalue weighted by molar-refractivity contribution is 7.08. The van der Waals surface area contributed by atoms with Crippen molar-refractivity contribution in [2.24, 2.45) is 11.8 Å². The van der Waals surface area contributed by atoms with Gasteiger partial charge in [-0.15, -0.1) is 6.42 Å². The summed E-state index contributed by atoms with van der Waals surface area (Å²) in [7, 11) is 2.10. The van der Waals surface area contributed by atoms with E-state index in [1.54, 1.807) is 11.3 Å². The molecule has 1 aromatic heterocycles. The number of nitrogens with zero attached hydrogens (tertiary/aromatic N) is 2. The molecule has 3 saturated heterocycles. The van der Waals surface area contributed by atoms with Crippen LogP contribution in [-0.4, -0.2) is 61.6 Å². The number of terminal acetylenes is 1. The average molecular weight is 346 g/mol. The second-order valence-corrected chi connectivity index (χ2v) is 7.72. The fourth-order valence-corrected chi connectivity index (χ4v) is 4.60. The summed E-state index contributed by atoms with van der Waals surface area (Å²) >= 11 is 1.58. The van der Waals surface area contributed by atoms with Crippen molar-refractivity contribution in [2.75, 3.05) is 45.1 Å². The molecule has 0 radical (unpaired) electrons. The van der Waals surface area contributed by atoms with Gasteiger partial charge in [0.1, 0.15) is 0 Å². The van der Waals surface area contributed by atoms with Crippen molar-refractivity contribution >= 4 is 23.1 Å². The largest absolute Gasteiger partial charge is 0.336 e. The first-order chi connectivity index (χ1) is 11.7. The number of rotatable bonds is 6. The van der Waals surface area contributed by atoms with E-state index in [1.807, 2.05) is 16.8 Å². The third kappa shape index (κ3) is 4.29. The molecule has 0 aliphatic carbocycles. The molecule has 0 saturated carbocycles. The van der Waals surface area contributed by atoms with E-state index in [-0.39, 0.29) is 6.03 Å². The molecular formula is C18H26N4OS. The topological polar surface area (TPSA) is 47.6 Å². The zero-order valence-corrected chi connectivity index (χ0v) is 15.0. The van der Waals surface area contributed by atoms with Gasteiger partial charge in [0.2, 0.25) is 0 Å². The number of hydrogen-bond donors (Lipinski definition) is 2. The van der Waals surface area contributed by atoms with Crippen LogP contribution in [0.3, 0.4) is 0 Å². The summed E-state index contributed by atoms with van der Waals surface area (Å²) in [6, 6.07) is 2.26. The van der Waals surface area contributed by atoms with Crippen LogP contribution in [0.4, 0.5) is 10.5 Å². The number of amides is 2. The first kappa shape index (κ1) is 17.3. The van der Waals surface area contributed by atoms with Crippen LogP contribution in [0.2, 0.25) is 0 Å². The van der Waals surface area contributed by atoms with Crippen molar-refractivity contribution < 1.29 is 4.79 Å². The maximum absolute atomic E-state index is 12.0. The molecule has 4 atom stereocenters. The van der Waals surface area contributed by atoms with Crippen molar-refractivity contribution in [3.63, 3.8) is 0 Å². The Labute approximate surface area is 148 Å². The van der Waals surface area contributed by atoms with E-state index in [0.717, 1.165) is 44.3 Å². The number of nitrogens with one attached hydrogen (secondary N) is 2. The van der Waals surface area contributed by atoms with Crippen LogP contribution in [0, 0.1) is 24.2 Å². The summed E-state index contributed by atoms with van der Waals surface area (Å²) < 4.78 is 0. The van der Waals surface area contributed by atoms with Crippen LogP contribution in [0.15, 0.2) is 16.8 Å². The number of piperidine rings is 3. The number of urea groups is 1. The Kier molecular flexibility index (Phi) is 5.77. The minimum absolute atomic E-state index is 0.110. The second kappa shape index (κ2) is 8.02. The van der Waals surface area contributed by atoms with Crippen molar-refractivity contribution in [1.29, 1.82) is 0 Å². The summed E-state index contributed by atoms with van der Waals surface area (Å²) in [4.78, 5) is 16.8. The molecule has 0 aromatic carbocycles. The average Bonchev–Trinajstić information content (AvgIpc) is 3.07. The van der Waals surface area contributed by atoms with E-state index in [0.29, 0.717) is 12.0 Å². The molecule has 3 fully saturated rings. The molecule has 4 heterocycles. The Hall–Kier alpha value is -1.55. The Morgan fingerprint density at radius 1 is 1.58 bits per heavy atom. The molecule has 24 heavy (non-hydrogen) atoms. The van der Waals surface area contributed by atoms with Crippen LogP contribution in [0.5, 0.6) is 0 Å². The van der Waals surface area contributed by atoms with Gasteiger partial charge in [-0.3, -0.25) is 9.80 Å². The predicted molar refractivity (Wildman–Crippen MR) is 99.2 cm³/mol. The lowest BCUT2D eigenvalue weighted by Crippen LogP contribution is -2.58. The predicted octanol–water partition coefficient (Wildman–Crippen LogP) is 2.14. The molecule has 0 spiro atoms. The number of fused-ring (bicyclic) bond motifs is 3. The minimum Gasteiger partial charge on any atom is -0.336 e. The van der Waals surface area contributed by atoms with Crippen molar-refractivity contribution in [1.82, 2.24) is 15.1 Å². The molecule has 130 valence electrons. The minimum atomic E-state index is -0.110. The molecule has 6 heteroatoms. The van der Waals surface area contributed by atoms with Gasteiger partial charge in [0.15, 0.2) is 0 Å². The molecule has 4 rings (SSSR count). The molecule has 3 aliphatic rings. The molecule has 5 nitrogen and oxygen atoms in total. The highest BCUT2D eigenvalue weighted by Gasteiger charge is 2.40. The highest BCUT2D eigenvalue weighted by Crippen LogP contribution is 2.36. The van der Waals surface area contributed by atoms with Gasteiger partial charge in [-0.2, -0.15) is 11.3 Å². The van der Waals surface area contributed by atoms with E-state index < -0.39 is 0 Å². The lowest BCUT2D eigenvalue weighted by atomic mass is 9.75. The van der Waals surface area contributed by atoms with Gasteiger partial charge in [0.25, 0.3) is 0 Å². The van der Waals surface area contributed by atoms with Crippen LogP contribution in [0.1, 0.15) is 12.8 Å². The van der Waals surface area contributed by atoms with Gasteiger partial charge in [0, 0.05) is 31.1 Å². The second-order valence-electron chi connectivity index (χ2n) is 6.94. The third-order valence-corrected chi connectivity index (χ3v) is 5.88.